The summed E-state index contributed by atoms with van der Waals surface area (Å²) in [5.74, 6) is -0.407. The van der Waals surface area contributed by atoms with Crippen LogP contribution >= 0.6 is 0 Å². The van der Waals surface area contributed by atoms with E-state index in [4.69, 9.17) is 18.6 Å². The summed E-state index contributed by atoms with van der Waals surface area (Å²) in [6.07, 6.45) is 1.31. The van der Waals surface area contributed by atoms with E-state index in [1.165, 1.54) is 0 Å². The van der Waals surface area contributed by atoms with E-state index in [2.05, 4.69) is 84.3 Å². The number of ether oxygens (including phenoxy) is 3. The maximum Gasteiger partial charge on any atom is 0.407 e. The number of rotatable bonds is 21. The summed E-state index contributed by atoms with van der Waals surface area (Å²) in [5.41, 5.74) is 3.31. The molecule has 0 spiro atoms. The fourth-order valence-electron chi connectivity index (χ4n) is 6.46. The van der Waals surface area contributed by atoms with Gasteiger partial charge >= 0.3 is 18.3 Å². The lowest BCUT2D eigenvalue weighted by molar-refractivity contribution is -0.123. The number of nitrogens with one attached hydrogen (secondary N) is 4. The SMILES string of the molecule is CC(C)(C)OC(=O)NCCCC[C@H](NC(=O)OCC1c2ccccc2-c2ccccc21)C(=O)NCCCN(CCCNC(=O)OC(C)(C)C)CCO[Si](C)(C)C(C)(C)C. The largest absolute Gasteiger partial charge is 0.449 e. The predicted octanol–water partition coefficient (Wildman–Crippen LogP) is 8.33. The average Bonchev–Trinajstić information content (AvgIpc) is 3.44. The van der Waals surface area contributed by atoms with E-state index < -0.39 is 43.8 Å². The maximum atomic E-state index is 13.6. The molecule has 3 rings (SSSR count). The molecule has 2 aromatic rings. The summed E-state index contributed by atoms with van der Waals surface area (Å²) in [5, 5.41) is 11.5. The predicted molar refractivity (Wildman–Crippen MR) is 236 cm³/mol. The van der Waals surface area contributed by atoms with E-state index in [0.717, 1.165) is 41.8 Å². The summed E-state index contributed by atoms with van der Waals surface area (Å²) in [7, 11) is -1.93. The molecular weight excluding hydrogens is 767 g/mol. The molecule has 59 heavy (non-hydrogen) atoms. The van der Waals surface area contributed by atoms with Crippen LogP contribution in [-0.2, 0) is 23.4 Å². The standard InChI is InChI=1S/C45H73N5O8Si/c1-43(2,3)57-40(52)47-25-17-16-24-38(49-42(54)55-32-37-35-22-14-12-20-33(35)34-21-13-15-23-36(34)37)39(51)46-26-18-28-50(30-31-56-59(10,11)45(7,8)9)29-19-27-48-41(53)58-44(4,5)6/h12-15,20-23,37-38H,16-19,24-32H2,1-11H3,(H,46,51)(H,47,52)(H,48,53)(H,49,54)/t38-/m0/s1. The van der Waals surface area contributed by atoms with Crippen molar-refractivity contribution in [3.8, 4) is 11.1 Å². The van der Waals surface area contributed by atoms with Crippen molar-refractivity contribution in [1.82, 2.24) is 26.2 Å². The highest BCUT2D eigenvalue weighted by atomic mass is 28.4. The lowest BCUT2D eigenvalue weighted by Gasteiger charge is -2.37. The van der Waals surface area contributed by atoms with Gasteiger partial charge in [0.25, 0.3) is 0 Å². The molecule has 4 amide bonds. The van der Waals surface area contributed by atoms with Gasteiger partial charge in [0.05, 0.1) is 0 Å². The average molecular weight is 840 g/mol. The molecule has 4 N–H and O–H groups in total. The van der Waals surface area contributed by atoms with Crippen LogP contribution in [0.5, 0.6) is 0 Å². The zero-order valence-electron chi connectivity index (χ0n) is 37.7. The van der Waals surface area contributed by atoms with Gasteiger partial charge in [0, 0.05) is 38.7 Å². The van der Waals surface area contributed by atoms with Gasteiger partial charge in [-0.1, -0.05) is 69.3 Å². The third-order valence-corrected chi connectivity index (χ3v) is 15.0. The number of alkyl carbamates (subject to hydrolysis) is 3. The highest BCUT2D eigenvalue weighted by molar-refractivity contribution is 6.74. The van der Waals surface area contributed by atoms with Gasteiger partial charge < -0.3 is 44.8 Å². The topological polar surface area (TPSA) is 157 Å². The second-order valence-corrected chi connectivity index (χ2v) is 23.6. The van der Waals surface area contributed by atoms with Crippen LogP contribution in [0.15, 0.2) is 48.5 Å². The maximum absolute atomic E-state index is 13.6. The molecule has 0 aromatic heterocycles. The van der Waals surface area contributed by atoms with E-state index >= 15 is 0 Å². The Bertz CT molecular complexity index is 1620. The van der Waals surface area contributed by atoms with Gasteiger partial charge in [-0.3, -0.25) is 4.79 Å². The highest BCUT2D eigenvalue weighted by Crippen LogP contribution is 2.44. The molecule has 0 saturated heterocycles. The number of carbonyl (C=O) groups excluding carboxylic acids is 4. The Morgan fingerprint density at radius 2 is 1.15 bits per heavy atom. The Kier molecular flexibility index (Phi) is 18.7. The van der Waals surface area contributed by atoms with E-state index in [9.17, 15) is 19.2 Å². The van der Waals surface area contributed by atoms with Crippen LogP contribution in [-0.4, -0.2) is 107 Å². The fourth-order valence-corrected chi connectivity index (χ4v) is 7.49. The minimum atomic E-state index is -1.93. The second kappa shape index (κ2) is 22.5. The molecule has 0 radical (unpaired) electrons. The van der Waals surface area contributed by atoms with Crippen molar-refractivity contribution in [3.63, 3.8) is 0 Å². The molecule has 0 heterocycles. The molecule has 0 unspecified atom stereocenters. The van der Waals surface area contributed by atoms with E-state index in [0.29, 0.717) is 58.5 Å². The van der Waals surface area contributed by atoms with Gasteiger partial charge in [-0.15, -0.1) is 0 Å². The molecule has 13 nitrogen and oxygen atoms in total. The first kappa shape index (κ1) is 49.2. The summed E-state index contributed by atoms with van der Waals surface area (Å²) < 4.78 is 23.0. The van der Waals surface area contributed by atoms with Crippen molar-refractivity contribution in [1.29, 1.82) is 0 Å². The third-order valence-electron chi connectivity index (χ3n) is 10.5. The molecule has 1 aliphatic carbocycles. The highest BCUT2D eigenvalue weighted by Gasteiger charge is 2.37. The van der Waals surface area contributed by atoms with E-state index in [1.54, 1.807) is 20.8 Å². The summed E-state index contributed by atoms with van der Waals surface area (Å²) in [6, 6.07) is 15.4. The van der Waals surface area contributed by atoms with Crippen molar-refractivity contribution in [3.05, 3.63) is 59.7 Å². The van der Waals surface area contributed by atoms with Crippen LogP contribution < -0.4 is 21.3 Å². The third kappa shape index (κ3) is 17.5. The molecule has 330 valence electrons. The quantitative estimate of drug-likeness (QED) is 0.0552. The first-order valence-electron chi connectivity index (χ1n) is 21.3. The first-order chi connectivity index (χ1) is 27.6. The van der Waals surface area contributed by atoms with Crippen LogP contribution in [0, 0.1) is 0 Å². The van der Waals surface area contributed by atoms with Crippen molar-refractivity contribution < 1.29 is 37.8 Å². The van der Waals surface area contributed by atoms with E-state index in [-0.39, 0.29) is 23.5 Å². The van der Waals surface area contributed by atoms with Crippen molar-refractivity contribution in [2.24, 2.45) is 0 Å². The molecule has 1 aliphatic rings. The number of fused-ring (bicyclic) bond motifs is 3. The van der Waals surface area contributed by atoms with Crippen molar-refractivity contribution in [2.45, 2.75) is 136 Å². The lowest BCUT2D eigenvalue weighted by Crippen LogP contribution is -2.47. The molecular formula is C45H73N5O8Si. The van der Waals surface area contributed by atoms with Gasteiger partial charge in [-0.05, 0) is 127 Å². The summed E-state index contributed by atoms with van der Waals surface area (Å²) >= 11 is 0. The molecule has 0 saturated carbocycles. The number of nitrogens with zero attached hydrogens (tertiary/aromatic N) is 1. The van der Waals surface area contributed by atoms with Crippen LogP contribution in [0.25, 0.3) is 11.1 Å². The van der Waals surface area contributed by atoms with Crippen LogP contribution in [0.2, 0.25) is 18.1 Å². The van der Waals surface area contributed by atoms with Crippen LogP contribution in [0.4, 0.5) is 14.4 Å². The molecule has 0 fully saturated rings. The smallest absolute Gasteiger partial charge is 0.407 e. The van der Waals surface area contributed by atoms with Crippen molar-refractivity contribution >= 4 is 32.5 Å². The number of benzene rings is 2. The lowest BCUT2D eigenvalue weighted by atomic mass is 9.98. The summed E-state index contributed by atoms with van der Waals surface area (Å²) in [4.78, 5) is 53.5. The van der Waals surface area contributed by atoms with Gasteiger partial charge in [-0.2, -0.15) is 0 Å². The first-order valence-corrected chi connectivity index (χ1v) is 24.2. The van der Waals surface area contributed by atoms with Crippen molar-refractivity contribution in [2.75, 3.05) is 52.5 Å². The fraction of sp³-hybridized carbons (Fsp3) is 0.644. The number of hydrogen-bond acceptors (Lipinski definition) is 9. The molecule has 2 aromatic carbocycles. The zero-order valence-corrected chi connectivity index (χ0v) is 38.7. The molecule has 0 bridgehead atoms. The Labute approximate surface area is 354 Å². The Morgan fingerprint density at radius 3 is 1.66 bits per heavy atom. The molecule has 0 aliphatic heterocycles. The molecule has 1 atom stereocenters. The normalized spacial score (nSPS) is 13.6. The van der Waals surface area contributed by atoms with Crippen LogP contribution in [0.1, 0.15) is 111 Å². The molecule has 14 heteroatoms. The minimum Gasteiger partial charge on any atom is -0.449 e. The van der Waals surface area contributed by atoms with Gasteiger partial charge in [0.2, 0.25) is 5.91 Å². The van der Waals surface area contributed by atoms with Gasteiger partial charge in [0.15, 0.2) is 8.32 Å². The minimum absolute atomic E-state index is 0.0956. The zero-order chi connectivity index (χ0) is 43.9. The Morgan fingerprint density at radius 1 is 0.661 bits per heavy atom. The number of carbonyl (C=O) groups is 4. The van der Waals surface area contributed by atoms with Gasteiger partial charge in [0.1, 0.15) is 23.9 Å². The number of amides is 4. The van der Waals surface area contributed by atoms with Gasteiger partial charge in [-0.25, -0.2) is 14.4 Å². The number of unbranched alkanes of at least 4 members (excludes halogenated alkanes) is 1. The summed E-state index contributed by atoms with van der Waals surface area (Å²) in [6.45, 7) is 26.2. The monoisotopic (exact) mass is 840 g/mol. The van der Waals surface area contributed by atoms with Crippen LogP contribution in [0.3, 0.4) is 0 Å². The van der Waals surface area contributed by atoms with E-state index in [1.807, 2.05) is 45.0 Å². The second-order valence-electron chi connectivity index (χ2n) is 18.8. The number of hydrogen-bond donors (Lipinski definition) is 4. The Hall–Kier alpha value is -4.14. The Balaban J connectivity index is 1.58.